The largest absolute Gasteiger partial charge is 0.381 e. The first-order valence-electron chi connectivity index (χ1n) is 7.94. The quantitative estimate of drug-likeness (QED) is 0.873. The van der Waals surface area contributed by atoms with Crippen molar-refractivity contribution in [1.29, 1.82) is 0 Å². The van der Waals surface area contributed by atoms with E-state index in [-0.39, 0.29) is 5.41 Å². The first-order valence-corrected chi connectivity index (χ1v) is 7.94. The lowest BCUT2D eigenvalue weighted by molar-refractivity contribution is 0.0595. The number of rotatable bonds is 5. The third kappa shape index (κ3) is 4.84. The number of aromatic nitrogens is 2. The van der Waals surface area contributed by atoms with Crippen LogP contribution in [0.5, 0.6) is 0 Å². The predicted molar refractivity (Wildman–Crippen MR) is 86.9 cm³/mol. The molecule has 1 unspecified atom stereocenters. The molecule has 21 heavy (non-hydrogen) atoms. The van der Waals surface area contributed by atoms with Gasteiger partial charge in [-0.25, -0.2) is 9.97 Å². The van der Waals surface area contributed by atoms with Crippen LogP contribution in [0.25, 0.3) is 0 Å². The van der Waals surface area contributed by atoms with E-state index in [4.69, 9.17) is 4.74 Å². The maximum atomic E-state index is 5.53. The van der Waals surface area contributed by atoms with E-state index < -0.39 is 0 Å². The first kappa shape index (κ1) is 16.0. The molecule has 0 aromatic carbocycles. The first-order chi connectivity index (χ1) is 9.99. The van der Waals surface area contributed by atoms with Gasteiger partial charge < -0.3 is 15.4 Å². The van der Waals surface area contributed by atoms with Gasteiger partial charge >= 0.3 is 0 Å². The molecule has 1 fully saturated rings. The van der Waals surface area contributed by atoms with Crippen LogP contribution in [0.4, 0.5) is 11.6 Å². The fourth-order valence-corrected chi connectivity index (χ4v) is 2.36. The maximum absolute atomic E-state index is 5.53. The van der Waals surface area contributed by atoms with Crippen LogP contribution in [0.2, 0.25) is 0 Å². The Morgan fingerprint density at radius 3 is 2.52 bits per heavy atom. The van der Waals surface area contributed by atoms with E-state index >= 15 is 0 Å². The van der Waals surface area contributed by atoms with Crippen molar-refractivity contribution in [2.45, 2.75) is 46.0 Å². The summed E-state index contributed by atoms with van der Waals surface area (Å²) in [6, 6.07) is 1.99. The van der Waals surface area contributed by atoms with Gasteiger partial charge in [-0.3, -0.25) is 0 Å². The van der Waals surface area contributed by atoms with Gasteiger partial charge in [0.25, 0.3) is 0 Å². The van der Waals surface area contributed by atoms with Gasteiger partial charge in [0, 0.05) is 31.2 Å². The summed E-state index contributed by atoms with van der Waals surface area (Å²) in [5.41, 5.74) is -0.0597. The van der Waals surface area contributed by atoms with Gasteiger partial charge in [-0.15, -0.1) is 0 Å². The van der Waals surface area contributed by atoms with Gasteiger partial charge in [0.2, 0.25) is 0 Å². The fraction of sp³-hybridized carbons (Fsp3) is 0.750. The summed E-state index contributed by atoms with van der Waals surface area (Å²) in [4.78, 5) is 9.27. The second-order valence-electron chi connectivity index (χ2n) is 6.71. The zero-order valence-electron chi connectivity index (χ0n) is 13.7. The standard InChI is InChI=1S/C16H28N4O/c1-5-17-13-9-14(20-15(19-13)16(2,3)4)18-10-12-7-6-8-21-11-12/h9,12H,5-8,10-11H2,1-4H3,(H2,17,18,19,20). The summed E-state index contributed by atoms with van der Waals surface area (Å²) in [7, 11) is 0. The number of nitrogens with one attached hydrogen (secondary N) is 2. The Hall–Kier alpha value is -1.36. The summed E-state index contributed by atoms with van der Waals surface area (Å²) < 4.78 is 5.53. The summed E-state index contributed by atoms with van der Waals surface area (Å²) in [6.45, 7) is 12.0. The van der Waals surface area contributed by atoms with Crippen molar-refractivity contribution < 1.29 is 4.74 Å². The normalized spacial score (nSPS) is 19.3. The highest BCUT2D eigenvalue weighted by Crippen LogP contribution is 2.23. The Morgan fingerprint density at radius 1 is 1.24 bits per heavy atom. The molecular formula is C16H28N4O. The smallest absolute Gasteiger partial charge is 0.138 e. The highest BCUT2D eigenvalue weighted by atomic mass is 16.5. The highest BCUT2D eigenvalue weighted by Gasteiger charge is 2.20. The molecule has 0 amide bonds. The van der Waals surface area contributed by atoms with Crippen LogP contribution in [0.3, 0.4) is 0 Å². The Kier molecular flexibility index (Phi) is 5.39. The lowest BCUT2D eigenvalue weighted by Gasteiger charge is -2.23. The van der Waals surface area contributed by atoms with E-state index in [1.165, 1.54) is 6.42 Å². The number of hydrogen-bond donors (Lipinski definition) is 2. The van der Waals surface area contributed by atoms with Crippen LogP contribution in [-0.2, 0) is 10.2 Å². The van der Waals surface area contributed by atoms with Crippen molar-refractivity contribution in [2.75, 3.05) is 36.9 Å². The lowest BCUT2D eigenvalue weighted by atomic mass is 9.96. The van der Waals surface area contributed by atoms with Crippen LogP contribution in [-0.4, -0.2) is 36.3 Å². The van der Waals surface area contributed by atoms with Gasteiger partial charge in [0.1, 0.15) is 17.5 Å². The van der Waals surface area contributed by atoms with Crippen LogP contribution >= 0.6 is 0 Å². The minimum Gasteiger partial charge on any atom is -0.381 e. The molecule has 1 atom stereocenters. The van der Waals surface area contributed by atoms with Crippen LogP contribution in [0.1, 0.15) is 46.4 Å². The van der Waals surface area contributed by atoms with Crippen molar-refractivity contribution in [2.24, 2.45) is 5.92 Å². The minimum atomic E-state index is -0.0597. The molecule has 5 heteroatoms. The molecule has 0 aliphatic carbocycles. The minimum absolute atomic E-state index is 0.0597. The van der Waals surface area contributed by atoms with Crippen LogP contribution < -0.4 is 10.6 Å². The third-order valence-corrected chi connectivity index (χ3v) is 3.58. The SMILES string of the molecule is CCNc1cc(NCC2CCCOC2)nc(C(C)(C)C)n1. The maximum Gasteiger partial charge on any atom is 0.138 e. The Bertz CT molecular complexity index is 450. The number of hydrogen-bond acceptors (Lipinski definition) is 5. The summed E-state index contributed by atoms with van der Waals surface area (Å²) in [5, 5.41) is 6.74. The van der Waals surface area contributed by atoms with E-state index in [9.17, 15) is 0 Å². The topological polar surface area (TPSA) is 59.1 Å². The molecule has 1 saturated heterocycles. The van der Waals surface area contributed by atoms with Gasteiger partial charge in [0.15, 0.2) is 0 Å². The molecule has 1 aromatic rings. The molecule has 0 radical (unpaired) electrons. The Morgan fingerprint density at radius 2 is 1.95 bits per heavy atom. The monoisotopic (exact) mass is 292 g/mol. The molecule has 2 rings (SSSR count). The summed E-state index contributed by atoms with van der Waals surface area (Å²) >= 11 is 0. The third-order valence-electron chi connectivity index (χ3n) is 3.58. The predicted octanol–water partition coefficient (Wildman–Crippen LogP) is 3.04. The second kappa shape index (κ2) is 7.07. The van der Waals surface area contributed by atoms with E-state index in [0.29, 0.717) is 5.92 Å². The van der Waals surface area contributed by atoms with Crippen molar-refractivity contribution in [1.82, 2.24) is 9.97 Å². The molecule has 2 N–H and O–H groups in total. The molecular weight excluding hydrogens is 264 g/mol. The molecule has 5 nitrogen and oxygen atoms in total. The van der Waals surface area contributed by atoms with Crippen LogP contribution in [0, 0.1) is 5.92 Å². The van der Waals surface area contributed by atoms with Gasteiger partial charge in [-0.05, 0) is 25.7 Å². The zero-order valence-corrected chi connectivity index (χ0v) is 13.7. The van der Waals surface area contributed by atoms with Crippen molar-refractivity contribution in [3.8, 4) is 0 Å². The van der Waals surface area contributed by atoms with E-state index in [1.807, 2.05) is 6.07 Å². The van der Waals surface area contributed by atoms with Crippen molar-refractivity contribution in [3.05, 3.63) is 11.9 Å². The Balaban J connectivity index is 2.07. The highest BCUT2D eigenvalue weighted by molar-refractivity contribution is 5.48. The average Bonchev–Trinajstić information content (AvgIpc) is 2.45. The summed E-state index contributed by atoms with van der Waals surface area (Å²) in [6.07, 6.45) is 2.39. The molecule has 1 aliphatic rings. The second-order valence-corrected chi connectivity index (χ2v) is 6.71. The molecule has 118 valence electrons. The van der Waals surface area contributed by atoms with Gasteiger partial charge in [-0.2, -0.15) is 0 Å². The number of ether oxygens (including phenoxy) is 1. The molecule has 2 heterocycles. The molecule has 1 aliphatic heterocycles. The van der Waals surface area contributed by atoms with Crippen molar-refractivity contribution in [3.63, 3.8) is 0 Å². The van der Waals surface area contributed by atoms with Crippen molar-refractivity contribution >= 4 is 11.6 Å². The lowest BCUT2D eigenvalue weighted by Crippen LogP contribution is -2.25. The molecule has 0 spiro atoms. The van der Waals surface area contributed by atoms with E-state index in [2.05, 4.69) is 48.3 Å². The van der Waals surface area contributed by atoms with Crippen LogP contribution in [0.15, 0.2) is 6.07 Å². The number of nitrogens with zero attached hydrogens (tertiary/aromatic N) is 2. The average molecular weight is 292 g/mol. The Labute approximate surface area is 127 Å². The fourth-order valence-electron chi connectivity index (χ4n) is 2.36. The number of anilines is 2. The van der Waals surface area contributed by atoms with Gasteiger partial charge in [0.05, 0.1) is 6.61 Å². The zero-order chi connectivity index (χ0) is 15.3. The molecule has 1 aromatic heterocycles. The van der Waals surface area contributed by atoms with E-state index in [1.54, 1.807) is 0 Å². The van der Waals surface area contributed by atoms with Gasteiger partial charge in [-0.1, -0.05) is 20.8 Å². The van der Waals surface area contributed by atoms with E-state index in [0.717, 1.165) is 50.2 Å². The molecule has 0 saturated carbocycles. The molecule has 0 bridgehead atoms. The summed E-state index contributed by atoms with van der Waals surface area (Å²) in [5.74, 6) is 3.23.